The summed E-state index contributed by atoms with van der Waals surface area (Å²) in [5.41, 5.74) is 0.904. The number of nitrogens with one attached hydrogen (secondary N) is 1. The number of rotatable bonds is 8. The number of hydrogen-bond donors (Lipinski definition) is 1. The van der Waals surface area contributed by atoms with Crippen molar-refractivity contribution in [1.82, 2.24) is 9.62 Å². The molecule has 1 atom stereocenters. The second kappa shape index (κ2) is 10.2. The number of nitrogens with zero attached hydrogens (tertiary/aromatic N) is 1. The van der Waals surface area contributed by atoms with Crippen LogP contribution in [0.25, 0.3) is 0 Å². The Hall–Kier alpha value is -1.55. The molecule has 1 heterocycles. The van der Waals surface area contributed by atoms with Gasteiger partial charge in [0.25, 0.3) is 0 Å². The van der Waals surface area contributed by atoms with Crippen molar-refractivity contribution in [2.45, 2.75) is 10.9 Å². The molecule has 0 aliphatic carbocycles. The third-order valence-electron chi connectivity index (χ3n) is 4.89. The first kappa shape index (κ1) is 23.1. The molecule has 1 saturated heterocycles. The van der Waals surface area contributed by atoms with E-state index < -0.39 is 10.0 Å². The van der Waals surface area contributed by atoms with Gasteiger partial charge in [0.1, 0.15) is 0 Å². The summed E-state index contributed by atoms with van der Waals surface area (Å²) < 4.78 is 44.6. The summed E-state index contributed by atoms with van der Waals surface area (Å²) in [6.45, 7) is 2.69. The standard InChI is InChI=1S/C20H24Cl2N2O5S/c1-27-19-4-3-14(9-20(19)28-2)18(24-5-7-29-8-6-24)13-23-30(25,26)17-11-15(21)10-16(22)12-17/h3-4,9-12,18,23H,5-8,13H2,1-2H3/t18-/m1/s1. The molecule has 0 aromatic heterocycles. The number of morpholine rings is 1. The molecule has 1 N–H and O–H groups in total. The summed E-state index contributed by atoms with van der Waals surface area (Å²) in [4.78, 5) is 2.20. The Bertz CT molecular complexity index is 961. The minimum absolute atomic E-state index is 0.0213. The summed E-state index contributed by atoms with van der Waals surface area (Å²) in [5.74, 6) is 1.19. The van der Waals surface area contributed by atoms with E-state index in [9.17, 15) is 8.42 Å². The zero-order chi connectivity index (χ0) is 21.7. The van der Waals surface area contributed by atoms with Crippen molar-refractivity contribution in [3.05, 3.63) is 52.0 Å². The van der Waals surface area contributed by atoms with Crippen LogP contribution in [-0.2, 0) is 14.8 Å². The lowest BCUT2D eigenvalue weighted by atomic mass is 10.0. The quantitative estimate of drug-likeness (QED) is 0.631. The topological polar surface area (TPSA) is 77.1 Å². The number of benzene rings is 2. The molecule has 0 saturated carbocycles. The van der Waals surface area contributed by atoms with Crippen LogP contribution in [0.4, 0.5) is 0 Å². The highest BCUT2D eigenvalue weighted by Gasteiger charge is 2.26. The minimum atomic E-state index is -3.81. The summed E-state index contributed by atoms with van der Waals surface area (Å²) in [6, 6.07) is 9.59. The van der Waals surface area contributed by atoms with Crippen molar-refractivity contribution in [3.8, 4) is 11.5 Å². The van der Waals surface area contributed by atoms with E-state index >= 15 is 0 Å². The maximum atomic E-state index is 12.9. The Balaban J connectivity index is 1.88. The maximum Gasteiger partial charge on any atom is 0.240 e. The normalized spacial score (nSPS) is 16.3. The maximum absolute atomic E-state index is 12.9. The zero-order valence-corrected chi connectivity index (χ0v) is 19.1. The SMILES string of the molecule is COc1ccc([C@@H](CNS(=O)(=O)c2cc(Cl)cc(Cl)c2)N2CCOCC2)cc1OC. The van der Waals surface area contributed by atoms with Gasteiger partial charge in [0, 0.05) is 35.7 Å². The highest BCUT2D eigenvalue weighted by molar-refractivity contribution is 7.89. The van der Waals surface area contributed by atoms with Crippen LogP contribution in [0.2, 0.25) is 10.0 Å². The van der Waals surface area contributed by atoms with Gasteiger partial charge in [-0.2, -0.15) is 0 Å². The molecule has 1 aliphatic heterocycles. The highest BCUT2D eigenvalue weighted by Crippen LogP contribution is 2.32. The van der Waals surface area contributed by atoms with Gasteiger partial charge >= 0.3 is 0 Å². The second-order valence-electron chi connectivity index (χ2n) is 6.74. The van der Waals surface area contributed by atoms with E-state index in [0.717, 1.165) is 5.56 Å². The largest absolute Gasteiger partial charge is 0.493 e. The average Bonchev–Trinajstić information content (AvgIpc) is 2.73. The molecule has 30 heavy (non-hydrogen) atoms. The molecular formula is C20H24Cl2N2O5S. The van der Waals surface area contributed by atoms with Crippen LogP contribution in [0.1, 0.15) is 11.6 Å². The van der Waals surface area contributed by atoms with Crippen LogP contribution in [0.15, 0.2) is 41.3 Å². The van der Waals surface area contributed by atoms with Crippen molar-refractivity contribution in [2.75, 3.05) is 47.1 Å². The Morgan fingerprint density at radius 3 is 2.27 bits per heavy atom. The Kier molecular flexibility index (Phi) is 7.84. The van der Waals surface area contributed by atoms with Crippen LogP contribution < -0.4 is 14.2 Å². The lowest BCUT2D eigenvalue weighted by Gasteiger charge is -2.35. The number of hydrogen-bond acceptors (Lipinski definition) is 6. The van der Waals surface area contributed by atoms with Gasteiger partial charge in [0.05, 0.1) is 32.3 Å². The van der Waals surface area contributed by atoms with Gasteiger partial charge < -0.3 is 14.2 Å². The molecule has 0 unspecified atom stereocenters. The highest BCUT2D eigenvalue weighted by atomic mass is 35.5. The van der Waals surface area contributed by atoms with E-state index in [2.05, 4.69) is 9.62 Å². The van der Waals surface area contributed by atoms with Gasteiger partial charge in [-0.15, -0.1) is 0 Å². The van der Waals surface area contributed by atoms with Crippen LogP contribution >= 0.6 is 23.2 Å². The van der Waals surface area contributed by atoms with Crippen molar-refractivity contribution < 1.29 is 22.6 Å². The molecule has 2 aromatic carbocycles. The molecule has 0 amide bonds. The van der Waals surface area contributed by atoms with Gasteiger partial charge in [-0.1, -0.05) is 29.3 Å². The Labute approximate surface area is 186 Å². The predicted molar refractivity (Wildman–Crippen MR) is 116 cm³/mol. The third kappa shape index (κ3) is 5.57. The van der Waals surface area contributed by atoms with Crippen LogP contribution in [0, 0.1) is 0 Å². The first-order chi connectivity index (χ1) is 14.3. The molecule has 2 aromatic rings. The molecule has 7 nitrogen and oxygen atoms in total. The molecule has 3 rings (SSSR count). The van der Waals surface area contributed by atoms with Crippen LogP contribution in [0.5, 0.6) is 11.5 Å². The van der Waals surface area contributed by atoms with Crippen LogP contribution in [0.3, 0.4) is 0 Å². The predicted octanol–water partition coefficient (Wildman–Crippen LogP) is 3.36. The van der Waals surface area contributed by atoms with Gasteiger partial charge in [-0.25, -0.2) is 13.1 Å². The van der Waals surface area contributed by atoms with Crippen molar-refractivity contribution in [1.29, 1.82) is 0 Å². The zero-order valence-electron chi connectivity index (χ0n) is 16.7. The second-order valence-corrected chi connectivity index (χ2v) is 9.38. The van der Waals surface area contributed by atoms with Gasteiger partial charge in [-0.05, 0) is 35.9 Å². The van der Waals surface area contributed by atoms with Crippen molar-refractivity contribution in [2.24, 2.45) is 0 Å². The number of ether oxygens (including phenoxy) is 3. The fourth-order valence-corrected chi connectivity index (χ4v) is 5.13. The monoisotopic (exact) mass is 474 g/mol. The number of methoxy groups -OCH3 is 2. The fourth-order valence-electron chi connectivity index (χ4n) is 3.36. The van der Waals surface area contributed by atoms with E-state index in [0.29, 0.717) is 37.8 Å². The molecule has 0 bridgehead atoms. The summed E-state index contributed by atoms with van der Waals surface area (Å²) >= 11 is 11.9. The smallest absolute Gasteiger partial charge is 0.240 e. The van der Waals surface area contributed by atoms with Gasteiger partial charge in [-0.3, -0.25) is 4.90 Å². The van der Waals surface area contributed by atoms with Gasteiger partial charge in [0.15, 0.2) is 11.5 Å². The number of halogens is 2. The molecule has 0 radical (unpaired) electrons. The summed E-state index contributed by atoms with van der Waals surface area (Å²) in [5, 5.41) is 0.514. The van der Waals surface area contributed by atoms with E-state index in [-0.39, 0.29) is 27.5 Å². The molecule has 1 aliphatic rings. The van der Waals surface area contributed by atoms with E-state index in [1.165, 1.54) is 18.2 Å². The minimum Gasteiger partial charge on any atom is -0.493 e. The molecule has 164 valence electrons. The van der Waals surface area contributed by atoms with E-state index in [1.807, 2.05) is 18.2 Å². The average molecular weight is 475 g/mol. The number of sulfonamides is 1. The van der Waals surface area contributed by atoms with Crippen molar-refractivity contribution in [3.63, 3.8) is 0 Å². The Morgan fingerprint density at radius 2 is 1.67 bits per heavy atom. The first-order valence-corrected chi connectivity index (χ1v) is 11.6. The molecule has 0 spiro atoms. The lowest BCUT2D eigenvalue weighted by Crippen LogP contribution is -2.43. The lowest BCUT2D eigenvalue weighted by molar-refractivity contribution is 0.0171. The molecule has 1 fully saturated rings. The molecule has 10 heteroatoms. The fraction of sp³-hybridized carbons (Fsp3) is 0.400. The third-order valence-corrected chi connectivity index (χ3v) is 6.73. The van der Waals surface area contributed by atoms with Crippen molar-refractivity contribution >= 4 is 33.2 Å². The summed E-state index contributed by atoms with van der Waals surface area (Å²) in [6.07, 6.45) is 0. The van der Waals surface area contributed by atoms with E-state index in [4.69, 9.17) is 37.4 Å². The summed E-state index contributed by atoms with van der Waals surface area (Å²) in [7, 11) is -0.671. The molecular weight excluding hydrogens is 451 g/mol. The van der Waals surface area contributed by atoms with E-state index in [1.54, 1.807) is 14.2 Å². The van der Waals surface area contributed by atoms with Gasteiger partial charge in [0.2, 0.25) is 10.0 Å². The Morgan fingerprint density at radius 1 is 1.03 bits per heavy atom. The first-order valence-electron chi connectivity index (χ1n) is 9.33. The van der Waals surface area contributed by atoms with Crippen LogP contribution in [-0.4, -0.2) is 60.4 Å².